The molecule has 2 fully saturated rings. The number of aliphatic hydroxyl groups is 1. The van der Waals surface area contributed by atoms with Crippen molar-refractivity contribution in [3.05, 3.63) is 0 Å². The summed E-state index contributed by atoms with van der Waals surface area (Å²) in [5.41, 5.74) is 5.68. The molecule has 100 valence electrons. The van der Waals surface area contributed by atoms with Crippen LogP contribution in [0.1, 0.15) is 46.0 Å². The van der Waals surface area contributed by atoms with Crippen LogP contribution in [-0.4, -0.2) is 41.8 Å². The first-order valence-electron chi connectivity index (χ1n) is 7.16. The van der Waals surface area contributed by atoms with Crippen molar-refractivity contribution in [3.8, 4) is 0 Å². The second-order valence-corrected chi connectivity index (χ2v) is 6.52. The standard InChI is InChI=1S/C14H28N2O/c1-3-13(2)6-8-16(9-7-13)11-14(17,10-15)12-4-5-12/h12,17H,3-11,15H2,1-2H3. The van der Waals surface area contributed by atoms with Crippen molar-refractivity contribution in [2.24, 2.45) is 17.1 Å². The SMILES string of the molecule is CCC1(C)CCN(CC(O)(CN)C2CC2)CC1. The second kappa shape index (κ2) is 4.87. The van der Waals surface area contributed by atoms with Crippen LogP contribution in [0.2, 0.25) is 0 Å². The van der Waals surface area contributed by atoms with Crippen LogP contribution >= 0.6 is 0 Å². The maximum absolute atomic E-state index is 10.5. The summed E-state index contributed by atoms with van der Waals surface area (Å²) in [7, 11) is 0. The summed E-state index contributed by atoms with van der Waals surface area (Å²) in [6.07, 6.45) is 6.11. The minimum absolute atomic E-state index is 0.416. The van der Waals surface area contributed by atoms with Crippen LogP contribution in [0, 0.1) is 11.3 Å². The van der Waals surface area contributed by atoms with Crippen LogP contribution in [0.4, 0.5) is 0 Å². The largest absolute Gasteiger partial charge is 0.387 e. The van der Waals surface area contributed by atoms with Crippen LogP contribution in [0.5, 0.6) is 0 Å². The first-order chi connectivity index (χ1) is 8.01. The van der Waals surface area contributed by atoms with Crippen LogP contribution in [0.15, 0.2) is 0 Å². The number of likely N-dealkylation sites (tertiary alicyclic amines) is 1. The van der Waals surface area contributed by atoms with Crippen molar-refractivity contribution in [1.29, 1.82) is 0 Å². The van der Waals surface area contributed by atoms with Gasteiger partial charge in [-0.3, -0.25) is 0 Å². The highest BCUT2D eigenvalue weighted by atomic mass is 16.3. The summed E-state index contributed by atoms with van der Waals surface area (Å²) in [6, 6.07) is 0. The average Bonchev–Trinajstić information content (AvgIpc) is 3.17. The first kappa shape index (κ1) is 13.3. The molecule has 1 aliphatic carbocycles. The van der Waals surface area contributed by atoms with Gasteiger partial charge in [0.1, 0.15) is 0 Å². The van der Waals surface area contributed by atoms with E-state index in [9.17, 15) is 5.11 Å². The Labute approximate surface area is 105 Å². The lowest BCUT2D eigenvalue weighted by atomic mass is 9.78. The van der Waals surface area contributed by atoms with Crippen molar-refractivity contribution in [1.82, 2.24) is 4.90 Å². The third-order valence-corrected chi connectivity index (χ3v) is 5.10. The van der Waals surface area contributed by atoms with Gasteiger partial charge in [-0.1, -0.05) is 20.3 Å². The van der Waals surface area contributed by atoms with Gasteiger partial charge < -0.3 is 15.7 Å². The Kier molecular flexibility index (Phi) is 3.81. The molecule has 17 heavy (non-hydrogen) atoms. The summed E-state index contributed by atoms with van der Waals surface area (Å²) >= 11 is 0. The number of nitrogens with two attached hydrogens (primary N) is 1. The predicted molar refractivity (Wildman–Crippen MR) is 70.8 cm³/mol. The van der Waals surface area contributed by atoms with Gasteiger partial charge in [-0.2, -0.15) is 0 Å². The fraction of sp³-hybridized carbons (Fsp3) is 1.00. The van der Waals surface area contributed by atoms with E-state index in [0.717, 1.165) is 32.5 Å². The smallest absolute Gasteiger partial charge is 0.0923 e. The number of rotatable bonds is 5. The molecule has 1 aliphatic heterocycles. The lowest BCUT2D eigenvalue weighted by molar-refractivity contribution is -0.0232. The van der Waals surface area contributed by atoms with Gasteiger partial charge in [-0.05, 0) is 50.1 Å². The molecular weight excluding hydrogens is 212 g/mol. The summed E-state index contributed by atoms with van der Waals surface area (Å²) in [5.74, 6) is 0.465. The number of hydrogen-bond donors (Lipinski definition) is 2. The molecule has 0 aromatic heterocycles. The molecule has 0 aromatic rings. The van der Waals surface area contributed by atoms with E-state index >= 15 is 0 Å². The van der Waals surface area contributed by atoms with Crippen LogP contribution < -0.4 is 5.73 Å². The molecule has 0 spiro atoms. The first-order valence-corrected chi connectivity index (χ1v) is 7.16. The zero-order chi connectivity index (χ0) is 12.5. The van der Waals surface area contributed by atoms with Crippen LogP contribution in [0.25, 0.3) is 0 Å². The molecule has 1 saturated heterocycles. The maximum Gasteiger partial charge on any atom is 0.0923 e. The monoisotopic (exact) mass is 240 g/mol. The molecule has 1 heterocycles. The number of hydrogen-bond acceptors (Lipinski definition) is 3. The zero-order valence-electron chi connectivity index (χ0n) is 11.4. The van der Waals surface area contributed by atoms with E-state index in [2.05, 4.69) is 18.7 Å². The van der Waals surface area contributed by atoms with Gasteiger partial charge in [0, 0.05) is 13.1 Å². The van der Waals surface area contributed by atoms with E-state index in [1.54, 1.807) is 0 Å². The Hall–Kier alpha value is -0.120. The fourth-order valence-corrected chi connectivity index (χ4v) is 2.97. The lowest BCUT2D eigenvalue weighted by Gasteiger charge is -2.42. The minimum atomic E-state index is -0.611. The van der Waals surface area contributed by atoms with Crippen molar-refractivity contribution >= 4 is 0 Å². The maximum atomic E-state index is 10.5. The van der Waals surface area contributed by atoms with Crippen molar-refractivity contribution in [2.45, 2.75) is 51.6 Å². The zero-order valence-corrected chi connectivity index (χ0v) is 11.4. The topological polar surface area (TPSA) is 49.5 Å². The van der Waals surface area contributed by atoms with Gasteiger partial charge in [0.05, 0.1) is 5.60 Å². The average molecular weight is 240 g/mol. The molecule has 0 radical (unpaired) electrons. The summed E-state index contributed by atoms with van der Waals surface area (Å²) in [5, 5.41) is 10.5. The third kappa shape index (κ3) is 3.01. The molecule has 1 saturated carbocycles. The molecule has 0 aromatic carbocycles. The van der Waals surface area contributed by atoms with Gasteiger partial charge in [0.25, 0.3) is 0 Å². The van der Waals surface area contributed by atoms with E-state index in [0.29, 0.717) is 17.9 Å². The molecule has 1 unspecified atom stereocenters. The summed E-state index contributed by atoms with van der Waals surface area (Å²) in [4.78, 5) is 2.42. The Morgan fingerprint density at radius 1 is 1.35 bits per heavy atom. The van der Waals surface area contributed by atoms with E-state index < -0.39 is 5.60 Å². The lowest BCUT2D eigenvalue weighted by Crippen LogP contribution is -2.52. The molecule has 0 amide bonds. The van der Waals surface area contributed by atoms with E-state index in [1.807, 2.05) is 0 Å². The Bertz CT molecular complexity index is 257. The van der Waals surface area contributed by atoms with Gasteiger partial charge in [-0.15, -0.1) is 0 Å². The van der Waals surface area contributed by atoms with E-state index in [4.69, 9.17) is 5.73 Å². The van der Waals surface area contributed by atoms with Gasteiger partial charge in [0.15, 0.2) is 0 Å². The van der Waals surface area contributed by atoms with Gasteiger partial charge >= 0.3 is 0 Å². The van der Waals surface area contributed by atoms with E-state index in [-0.39, 0.29) is 0 Å². The molecule has 3 nitrogen and oxygen atoms in total. The normalized spacial score (nSPS) is 28.9. The van der Waals surface area contributed by atoms with Crippen LogP contribution in [-0.2, 0) is 0 Å². The summed E-state index contributed by atoms with van der Waals surface area (Å²) in [6.45, 7) is 8.13. The number of β-amino-alcohol motifs (C(OH)–C–C–N with tert-alkyl or cyclic N) is 1. The highest BCUT2D eigenvalue weighted by Gasteiger charge is 2.44. The van der Waals surface area contributed by atoms with Gasteiger partial charge in [0.2, 0.25) is 0 Å². The molecule has 2 aliphatic rings. The Morgan fingerprint density at radius 2 is 1.94 bits per heavy atom. The molecule has 0 bridgehead atoms. The van der Waals surface area contributed by atoms with Crippen molar-refractivity contribution in [2.75, 3.05) is 26.2 Å². The third-order valence-electron chi connectivity index (χ3n) is 5.10. The minimum Gasteiger partial charge on any atom is -0.387 e. The molecule has 1 atom stereocenters. The number of nitrogens with zero attached hydrogens (tertiary/aromatic N) is 1. The molecule has 3 N–H and O–H groups in total. The Morgan fingerprint density at radius 3 is 2.35 bits per heavy atom. The van der Waals surface area contributed by atoms with Crippen molar-refractivity contribution < 1.29 is 5.11 Å². The molecule has 2 rings (SSSR count). The summed E-state index contributed by atoms with van der Waals surface area (Å²) < 4.78 is 0. The molecule has 3 heteroatoms. The van der Waals surface area contributed by atoms with Crippen LogP contribution in [0.3, 0.4) is 0 Å². The van der Waals surface area contributed by atoms with Gasteiger partial charge in [-0.25, -0.2) is 0 Å². The van der Waals surface area contributed by atoms with E-state index in [1.165, 1.54) is 19.3 Å². The van der Waals surface area contributed by atoms with Crippen molar-refractivity contribution in [3.63, 3.8) is 0 Å². The predicted octanol–water partition coefficient (Wildman–Crippen LogP) is 1.60. The highest BCUT2D eigenvalue weighted by Crippen LogP contribution is 2.41. The quantitative estimate of drug-likeness (QED) is 0.767. The fourth-order valence-electron chi connectivity index (χ4n) is 2.97. The number of piperidine rings is 1. The Balaban J connectivity index is 1.85. The second-order valence-electron chi connectivity index (χ2n) is 6.52. The molecular formula is C14H28N2O. The highest BCUT2D eigenvalue weighted by molar-refractivity contribution is 4.98.